The predicted octanol–water partition coefficient (Wildman–Crippen LogP) is 1.33. The first-order valence-corrected chi connectivity index (χ1v) is 5.66. The van der Waals surface area contributed by atoms with Crippen LogP contribution >= 0.6 is 0 Å². The van der Waals surface area contributed by atoms with Gasteiger partial charge in [-0.05, 0) is 19.8 Å². The fourth-order valence-electron chi connectivity index (χ4n) is 1.69. The largest absolute Gasteiger partial charge is 0.403 e. The number of piperidine rings is 1. The molecule has 1 aliphatic rings. The number of carbonyl (C=O) groups excluding carboxylic acids is 1. The van der Waals surface area contributed by atoms with Crippen molar-refractivity contribution in [3.8, 4) is 0 Å². The molecule has 0 bridgehead atoms. The highest BCUT2D eigenvalue weighted by atomic mass is 19.4. The molecule has 0 spiro atoms. The summed E-state index contributed by atoms with van der Waals surface area (Å²) >= 11 is 0. The molecule has 0 aromatic heterocycles. The van der Waals surface area contributed by atoms with E-state index in [1.165, 1.54) is 4.90 Å². The second-order valence-electron chi connectivity index (χ2n) is 4.24. The molecule has 0 aliphatic carbocycles. The molecule has 1 aliphatic heterocycles. The second-order valence-corrected chi connectivity index (χ2v) is 4.24. The van der Waals surface area contributed by atoms with Crippen LogP contribution in [0.1, 0.15) is 19.8 Å². The van der Waals surface area contributed by atoms with E-state index in [0.29, 0.717) is 13.0 Å². The predicted molar refractivity (Wildman–Crippen MR) is 57.7 cm³/mol. The summed E-state index contributed by atoms with van der Waals surface area (Å²) < 4.78 is 37.1. The molecule has 2 unspecified atom stereocenters. The van der Waals surface area contributed by atoms with Crippen molar-refractivity contribution in [2.24, 2.45) is 0 Å². The minimum atomic E-state index is -4.20. The molecule has 7 heteroatoms. The van der Waals surface area contributed by atoms with Gasteiger partial charge in [-0.1, -0.05) is 0 Å². The van der Waals surface area contributed by atoms with Gasteiger partial charge in [-0.2, -0.15) is 13.2 Å². The number of rotatable bonds is 2. The molecular formula is C10H18F3N3O. The highest BCUT2D eigenvalue weighted by Gasteiger charge is 2.41. The summed E-state index contributed by atoms with van der Waals surface area (Å²) in [6.45, 7) is 2.56. The molecule has 2 amide bonds. The van der Waals surface area contributed by atoms with Gasteiger partial charge >= 0.3 is 12.2 Å². The first-order chi connectivity index (χ1) is 7.84. The van der Waals surface area contributed by atoms with Gasteiger partial charge in [0.25, 0.3) is 0 Å². The van der Waals surface area contributed by atoms with E-state index in [2.05, 4.69) is 10.6 Å². The lowest BCUT2D eigenvalue weighted by molar-refractivity contribution is -0.160. The number of nitrogens with one attached hydrogen (secondary N) is 2. The van der Waals surface area contributed by atoms with Gasteiger partial charge in [-0.3, -0.25) is 0 Å². The van der Waals surface area contributed by atoms with Crippen LogP contribution in [0.25, 0.3) is 0 Å². The normalized spacial score (nSPS) is 25.5. The zero-order chi connectivity index (χ0) is 13.1. The molecule has 4 nitrogen and oxygen atoms in total. The van der Waals surface area contributed by atoms with Crippen molar-refractivity contribution in [3.05, 3.63) is 0 Å². The summed E-state index contributed by atoms with van der Waals surface area (Å²) in [6, 6.07) is -1.92. The highest BCUT2D eigenvalue weighted by Crippen LogP contribution is 2.26. The summed E-state index contributed by atoms with van der Waals surface area (Å²) in [6.07, 6.45) is -3.85. The van der Waals surface area contributed by atoms with Crippen LogP contribution in [0.2, 0.25) is 0 Å². The van der Waals surface area contributed by atoms with Crippen LogP contribution < -0.4 is 10.6 Å². The Hall–Kier alpha value is -0.980. The smallest absolute Gasteiger partial charge is 0.334 e. The molecule has 1 rings (SSSR count). The summed E-state index contributed by atoms with van der Waals surface area (Å²) in [5.74, 6) is 0. The molecule has 0 saturated carbocycles. The van der Waals surface area contributed by atoms with Crippen molar-refractivity contribution in [2.45, 2.75) is 38.0 Å². The zero-order valence-electron chi connectivity index (χ0n) is 9.97. The van der Waals surface area contributed by atoms with E-state index in [4.69, 9.17) is 0 Å². The Morgan fingerprint density at radius 1 is 1.47 bits per heavy atom. The molecule has 17 heavy (non-hydrogen) atoms. The van der Waals surface area contributed by atoms with Gasteiger partial charge in [0.1, 0.15) is 6.04 Å². The van der Waals surface area contributed by atoms with E-state index in [1.54, 1.807) is 7.05 Å². The van der Waals surface area contributed by atoms with E-state index in [0.717, 1.165) is 0 Å². The molecule has 0 aromatic rings. The Morgan fingerprint density at radius 2 is 2.12 bits per heavy atom. The third-order valence-electron chi connectivity index (χ3n) is 2.96. The number of carbonyl (C=O) groups is 1. The van der Waals surface area contributed by atoms with Crippen LogP contribution in [0.3, 0.4) is 0 Å². The van der Waals surface area contributed by atoms with Crippen LogP contribution in [-0.2, 0) is 0 Å². The Morgan fingerprint density at radius 3 is 2.53 bits per heavy atom. The van der Waals surface area contributed by atoms with Crippen LogP contribution in [0.15, 0.2) is 0 Å². The van der Waals surface area contributed by atoms with Crippen molar-refractivity contribution >= 4 is 6.03 Å². The molecule has 1 heterocycles. The Balaban J connectivity index is 2.35. The van der Waals surface area contributed by atoms with Gasteiger partial charge in [0, 0.05) is 26.2 Å². The minimum absolute atomic E-state index is 0.00425. The van der Waals surface area contributed by atoms with Gasteiger partial charge in [0.05, 0.1) is 0 Å². The Bertz CT molecular complexity index is 262. The Labute approximate surface area is 98.5 Å². The fourth-order valence-corrected chi connectivity index (χ4v) is 1.69. The molecule has 1 fully saturated rings. The SMILES string of the molecule is CCN(C)C(=O)NC1CCC(C(F)(F)F)NC1. The zero-order valence-corrected chi connectivity index (χ0v) is 9.97. The Kier molecular flexibility index (Phi) is 4.62. The topological polar surface area (TPSA) is 44.4 Å². The number of alkyl halides is 3. The van der Waals surface area contributed by atoms with Crippen molar-refractivity contribution in [2.75, 3.05) is 20.1 Å². The maximum Gasteiger partial charge on any atom is 0.403 e. The number of hydrogen-bond donors (Lipinski definition) is 2. The van der Waals surface area contributed by atoms with Gasteiger partial charge in [0.15, 0.2) is 0 Å². The molecule has 1 saturated heterocycles. The fraction of sp³-hybridized carbons (Fsp3) is 0.900. The lowest BCUT2D eigenvalue weighted by Crippen LogP contribution is -2.55. The van der Waals surface area contributed by atoms with E-state index < -0.39 is 12.2 Å². The quantitative estimate of drug-likeness (QED) is 0.779. The standard InChI is InChI=1S/C10H18F3N3O/c1-3-16(2)9(17)15-7-4-5-8(14-6-7)10(11,12)13/h7-8,14H,3-6H2,1-2H3,(H,15,17). The summed E-state index contributed by atoms with van der Waals surface area (Å²) in [5, 5.41) is 5.11. The monoisotopic (exact) mass is 253 g/mol. The maximum atomic E-state index is 12.4. The van der Waals surface area contributed by atoms with Crippen molar-refractivity contribution in [1.29, 1.82) is 0 Å². The minimum Gasteiger partial charge on any atom is -0.334 e. The summed E-state index contributed by atoms with van der Waals surface area (Å²) in [4.78, 5) is 13.0. The van der Waals surface area contributed by atoms with Crippen LogP contribution in [-0.4, -0.2) is 49.3 Å². The van der Waals surface area contributed by atoms with E-state index in [9.17, 15) is 18.0 Å². The maximum absolute atomic E-state index is 12.4. The van der Waals surface area contributed by atoms with E-state index in [-0.39, 0.29) is 25.0 Å². The van der Waals surface area contributed by atoms with Crippen molar-refractivity contribution in [1.82, 2.24) is 15.5 Å². The first kappa shape index (κ1) is 14.1. The van der Waals surface area contributed by atoms with Gasteiger partial charge in [-0.25, -0.2) is 4.79 Å². The molecule has 0 aromatic carbocycles. The van der Waals surface area contributed by atoms with Gasteiger partial charge in [0.2, 0.25) is 0 Å². The molecule has 2 atom stereocenters. The number of amides is 2. The second kappa shape index (κ2) is 5.57. The first-order valence-electron chi connectivity index (χ1n) is 5.66. The van der Waals surface area contributed by atoms with E-state index in [1.807, 2.05) is 6.92 Å². The lowest BCUT2D eigenvalue weighted by Gasteiger charge is -2.32. The van der Waals surface area contributed by atoms with Crippen molar-refractivity contribution < 1.29 is 18.0 Å². The van der Waals surface area contributed by atoms with E-state index >= 15 is 0 Å². The third-order valence-corrected chi connectivity index (χ3v) is 2.96. The molecule has 0 radical (unpaired) electrons. The third kappa shape index (κ3) is 4.07. The summed E-state index contributed by atoms with van der Waals surface area (Å²) in [5.41, 5.74) is 0. The number of hydrogen-bond acceptors (Lipinski definition) is 2. The average molecular weight is 253 g/mol. The number of urea groups is 1. The van der Waals surface area contributed by atoms with Crippen LogP contribution in [0, 0.1) is 0 Å². The highest BCUT2D eigenvalue weighted by molar-refractivity contribution is 5.74. The lowest BCUT2D eigenvalue weighted by atomic mass is 10.0. The van der Waals surface area contributed by atoms with Crippen molar-refractivity contribution in [3.63, 3.8) is 0 Å². The van der Waals surface area contributed by atoms with Crippen LogP contribution in [0.4, 0.5) is 18.0 Å². The molecule has 100 valence electrons. The van der Waals surface area contributed by atoms with Gasteiger partial charge in [-0.15, -0.1) is 0 Å². The number of halogens is 3. The molecular weight excluding hydrogens is 235 g/mol. The number of nitrogens with zero attached hydrogens (tertiary/aromatic N) is 1. The molecule has 2 N–H and O–H groups in total. The van der Waals surface area contributed by atoms with Crippen LogP contribution in [0.5, 0.6) is 0 Å². The average Bonchev–Trinajstić information content (AvgIpc) is 2.27. The summed E-state index contributed by atoms with van der Waals surface area (Å²) in [7, 11) is 1.64. The van der Waals surface area contributed by atoms with Gasteiger partial charge < -0.3 is 15.5 Å².